The second kappa shape index (κ2) is 5.64. The molecule has 2 aromatic rings. The van der Waals surface area contributed by atoms with Gasteiger partial charge >= 0.3 is 0 Å². The van der Waals surface area contributed by atoms with Crippen molar-refractivity contribution in [3.63, 3.8) is 0 Å². The first kappa shape index (κ1) is 11.9. The lowest BCUT2D eigenvalue weighted by atomic mass is 10.2. The van der Waals surface area contributed by atoms with Crippen LogP contribution in [0.2, 0.25) is 0 Å². The van der Waals surface area contributed by atoms with Crippen LogP contribution in [-0.2, 0) is 0 Å². The molecule has 0 aliphatic heterocycles. The third-order valence-corrected chi connectivity index (χ3v) is 2.75. The Morgan fingerprint density at radius 2 is 2.24 bits per heavy atom. The highest BCUT2D eigenvalue weighted by Crippen LogP contribution is 2.20. The van der Waals surface area contributed by atoms with Gasteiger partial charge in [0.15, 0.2) is 0 Å². The first-order valence-electron chi connectivity index (χ1n) is 6.05. The molecule has 1 heterocycles. The van der Waals surface area contributed by atoms with Gasteiger partial charge in [0.25, 0.3) is 0 Å². The molecule has 0 saturated heterocycles. The van der Waals surface area contributed by atoms with Crippen molar-refractivity contribution in [2.75, 3.05) is 6.54 Å². The van der Waals surface area contributed by atoms with Crippen LogP contribution in [0, 0.1) is 0 Å². The summed E-state index contributed by atoms with van der Waals surface area (Å²) >= 11 is 0. The van der Waals surface area contributed by atoms with Gasteiger partial charge in [-0.05, 0) is 24.6 Å². The molecule has 0 aliphatic carbocycles. The number of nitrogens with two attached hydrogens (primary N) is 1. The highest BCUT2D eigenvalue weighted by atomic mass is 16.5. The smallest absolute Gasteiger partial charge is 0.121 e. The number of hydrogen-bond acceptors (Lipinski definition) is 3. The Bertz CT molecular complexity index is 484. The number of aromatic nitrogens is 1. The van der Waals surface area contributed by atoms with Gasteiger partial charge in [-0.1, -0.05) is 19.4 Å². The Labute approximate surface area is 102 Å². The molecule has 90 valence electrons. The first-order valence-corrected chi connectivity index (χ1v) is 6.05. The molecule has 3 nitrogen and oxygen atoms in total. The number of fused-ring (bicyclic) bond motifs is 1. The highest BCUT2D eigenvalue weighted by Gasteiger charge is 2.07. The topological polar surface area (TPSA) is 48.1 Å². The van der Waals surface area contributed by atoms with Crippen LogP contribution in [0.15, 0.2) is 36.5 Å². The third kappa shape index (κ3) is 2.94. The quantitative estimate of drug-likeness (QED) is 0.859. The number of benzene rings is 1. The monoisotopic (exact) mass is 230 g/mol. The number of pyridine rings is 1. The highest BCUT2D eigenvalue weighted by molar-refractivity contribution is 5.79. The van der Waals surface area contributed by atoms with Crippen molar-refractivity contribution >= 4 is 10.9 Å². The summed E-state index contributed by atoms with van der Waals surface area (Å²) in [6.07, 6.45) is 3.95. The minimum Gasteiger partial charge on any atom is -0.489 e. The maximum Gasteiger partial charge on any atom is 0.121 e. The van der Waals surface area contributed by atoms with E-state index in [4.69, 9.17) is 10.5 Å². The standard InChI is InChI=1S/C14H18N2O/c1-2-4-13(10-15)17-12-7-6-11-5-3-8-16-14(11)9-12/h3,5-9,13H,2,4,10,15H2,1H3. The summed E-state index contributed by atoms with van der Waals surface area (Å²) in [6, 6.07) is 9.94. The lowest BCUT2D eigenvalue weighted by Crippen LogP contribution is -2.26. The van der Waals surface area contributed by atoms with Crippen LogP contribution in [0.5, 0.6) is 5.75 Å². The lowest BCUT2D eigenvalue weighted by Gasteiger charge is -2.16. The molecule has 17 heavy (non-hydrogen) atoms. The van der Waals surface area contributed by atoms with Gasteiger partial charge in [-0.3, -0.25) is 4.98 Å². The lowest BCUT2D eigenvalue weighted by molar-refractivity contribution is 0.198. The van der Waals surface area contributed by atoms with Gasteiger partial charge in [0.2, 0.25) is 0 Å². The Morgan fingerprint density at radius 3 is 3.00 bits per heavy atom. The summed E-state index contributed by atoms with van der Waals surface area (Å²) in [7, 11) is 0. The normalized spacial score (nSPS) is 12.6. The second-order valence-corrected chi connectivity index (χ2v) is 4.12. The van der Waals surface area contributed by atoms with Crippen molar-refractivity contribution in [3.05, 3.63) is 36.5 Å². The summed E-state index contributed by atoms with van der Waals surface area (Å²) in [6.45, 7) is 2.68. The maximum absolute atomic E-state index is 5.85. The zero-order chi connectivity index (χ0) is 12.1. The van der Waals surface area contributed by atoms with E-state index < -0.39 is 0 Å². The van der Waals surface area contributed by atoms with E-state index in [-0.39, 0.29) is 6.10 Å². The van der Waals surface area contributed by atoms with Gasteiger partial charge in [0, 0.05) is 24.2 Å². The molecule has 0 radical (unpaired) electrons. The molecule has 1 aromatic carbocycles. The molecule has 0 spiro atoms. The Kier molecular flexibility index (Phi) is 3.94. The van der Waals surface area contributed by atoms with Crippen LogP contribution in [0.1, 0.15) is 19.8 Å². The SMILES string of the molecule is CCCC(CN)Oc1ccc2cccnc2c1. The molecule has 0 aliphatic rings. The van der Waals surface area contributed by atoms with Gasteiger partial charge in [-0.2, -0.15) is 0 Å². The molecular formula is C14H18N2O. The van der Waals surface area contributed by atoms with Crippen LogP contribution in [0.4, 0.5) is 0 Å². The van der Waals surface area contributed by atoms with E-state index in [0.29, 0.717) is 6.54 Å². The van der Waals surface area contributed by atoms with E-state index in [1.165, 1.54) is 0 Å². The zero-order valence-corrected chi connectivity index (χ0v) is 10.1. The van der Waals surface area contributed by atoms with E-state index >= 15 is 0 Å². The van der Waals surface area contributed by atoms with E-state index in [0.717, 1.165) is 29.5 Å². The molecular weight excluding hydrogens is 212 g/mol. The summed E-state index contributed by atoms with van der Waals surface area (Å²) in [5.41, 5.74) is 6.63. The zero-order valence-electron chi connectivity index (χ0n) is 10.1. The van der Waals surface area contributed by atoms with Crippen molar-refractivity contribution in [2.45, 2.75) is 25.9 Å². The van der Waals surface area contributed by atoms with E-state index in [2.05, 4.69) is 11.9 Å². The van der Waals surface area contributed by atoms with Crippen LogP contribution >= 0.6 is 0 Å². The van der Waals surface area contributed by atoms with Gasteiger partial charge in [0.05, 0.1) is 5.52 Å². The summed E-state index contributed by atoms with van der Waals surface area (Å²) in [5, 5.41) is 1.12. The third-order valence-electron chi connectivity index (χ3n) is 2.75. The summed E-state index contributed by atoms with van der Waals surface area (Å²) in [4.78, 5) is 4.31. The molecule has 2 N–H and O–H groups in total. The van der Waals surface area contributed by atoms with Gasteiger partial charge < -0.3 is 10.5 Å². The molecule has 1 aromatic heterocycles. The summed E-state index contributed by atoms with van der Waals surface area (Å²) < 4.78 is 5.85. The molecule has 0 fully saturated rings. The van der Waals surface area contributed by atoms with Gasteiger partial charge in [-0.25, -0.2) is 0 Å². The Balaban J connectivity index is 2.18. The molecule has 1 unspecified atom stereocenters. The van der Waals surface area contributed by atoms with E-state index in [1.807, 2.05) is 30.3 Å². The van der Waals surface area contributed by atoms with Crippen molar-refractivity contribution in [1.29, 1.82) is 0 Å². The molecule has 3 heteroatoms. The second-order valence-electron chi connectivity index (χ2n) is 4.12. The van der Waals surface area contributed by atoms with Crippen LogP contribution in [0.25, 0.3) is 10.9 Å². The molecule has 0 amide bonds. The Morgan fingerprint density at radius 1 is 1.35 bits per heavy atom. The number of rotatable bonds is 5. The molecule has 0 saturated carbocycles. The Hall–Kier alpha value is -1.61. The van der Waals surface area contributed by atoms with Crippen molar-refractivity contribution in [1.82, 2.24) is 4.98 Å². The number of hydrogen-bond donors (Lipinski definition) is 1. The molecule has 1 atom stereocenters. The predicted molar refractivity (Wildman–Crippen MR) is 70.1 cm³/mol. The van der Waals surface area contributed by atoms with Crippen molar-refractivity contribution in [3.8, 4) is 5.75 Å². The van der Waals surface area contributed by atoms with Gasteiger partial charge in [-0.15, -0.1) is 0 Å². The fourth-order valence-electron chi connectivity index (χ4n) is 1.86. The molecule has 0 bridgehead atoms. The largest absolute Gasteiger partial charge is 0.489 e. The first-order chi connectivity index (χ1) is 8.33. The van der Waals surface area contributed by atoms with Crippen LogP contribution < -0.4 is 10.5 Å². The fraction of sp³-hybridized carbons (Fsp3) is 0.357. The molecule has 2 rings (SSSR count). The van der Waals surface area contributed by atoms with E-state index in [1.54, 1.807) is 6.20 Å². The maximum atomic E-state index is 5.85. The van der Waals surface area contributed by atoms with E-state index in [9.17, 15) is 0 Å². The number of nitrogens with zero attached hydrogens (tertiary/aromatic N) is 1. The van der Waals surface area contributed by atoms with Crippen LogP contribution in [-0.4, -0.2) is 17.6 Å². The minimum atomic E-state index is 0.0983. The minimum absolute atomic E-state index is 0.0983. The fourth-order valence-corrected chi connectivity index (χ4v) is 1.86. The van der Waals surface area contributed by atoms with Crippen LogP contribution in [0.3, 0.4) is 0 Å². The average Bonchev–Trinajstić information content (AvgIpc) is 2.38. The predicted octanol–water partition coefficient (Wildman–Crippen LogP) is 2.74. The van der Waals surface area contributed by atoms with Crippen molar-refractivity contribution < 1.29 is 4.74 Å². The van der Waals surface area contributed by atoms with Gasteiger partial charge in [0.1, 0.15) is 11.9 Å². The summed E-state index contributed by atoms with van der Waals surface area (Å²) in [5.74, 6) is 0.847. The van der Waals surface area contributed by atoms with Crippen molar-refractivity contribution in [2.24, 2.45) is 5.73 Å². The average molecular weight is 230 g/mol. The number of ether oxygens (including phenoxy) is 1.